The van der Waals surface area contributed by atoms with Gasteiger partial charge in [0.25, 0.3) is 0 Å². The molecule has 0 fully saturated rings. The van der Waals surface area contributed by atoms with Crippen molar-refractivity contribution in [1.82, 2.24) is 4.98 Å². The van der Waals surface area contributed by atoms with Gasteiger partial charge < -0.3 is 5.32 Å². The van der Waals surface area contributed by atoms with E-state index in [1.807, 2.05) is 43.3 Å². The van der Waals surface area contributed by atoms with Gasteiger partial charge in [-0.3, -0.25) is 9.78 Å². The third-order valence-electron chi connectivity index (χ3n) is 2.52. The van der Waals surface area contributed by atoms with Crippen molar-refractivity contribution in [1.29, 1.82) is 0 Å². The maximum absolute atomic E-state index is 10.9. The van der Waals surface area contributed by atoms with Crippen molar-refractivity contribution in [3.8, 4) is 0 Å². The molecule has 0 saturated carbocycles. The average molecular weight is 226 g/mol. The molecule has 3 nitrogen and oxygen atoms in total. The smallest absolute Gasteiger partial charge is 0.152 e. The zero-order valence-electron chi connectivity index (χ0n) is 9.68. The first-order valence-corrected chi connectivity index (χ1v) is 5.49. The minimum absolute atomic E-state index is 0.616. The minimum Gasteiger partial charge on any atom is -0.379 e. The lowest BCUT2D eigenvalue weighted by Gasteiger charge is -2.09. The van der Waals surface area contributed by atoms with Crippen LogP contribution < -0.4 is 5.32 Å². The van der Waals surface area contributed by atoms with E-state index >= 15 is 0 Å². The Hall–Kier alpha value is -2.16. The first-order chi connectivity index (χ1) is 8.29. The molecule has 2 rings (SSSR count). The molecule has 1 heterocycles. The van der Waals surface area contributed by atoms with Crippen molar-refractivity contribution in [2.75, 3.05) is 5.32 Å². The summed E-state index contributed by atoms with van der Waals surface area (Å²) in [5.41, 5.74) is 3.60. The van der Waals surface area contributed by atoms with E-state index in [1.54, 1.807) is 6.20 Å². The summed E-state index contributed by atoms with van der Waals surface area (Å²) in [6.07, 6.45) is 2.62. The fourth-order valence-corrected chi connectivity index (χ4v) is 1.61. The van der Waals surface area contributed by atoms with E-state index in [9.17, 15) is 4.79 Å². The van der Waals surface area contributed by atoms with E-state index in [0.717, 1.165) is 23.2 Å². The number of hydrogen-bond donors (Lipinski definition) is 1. The molecule has 0 saturated heterocycles. The van der Waals surface area contributed by atoms with Gasteiger partial charge in [-0.1, -0.05) is 12.1 Å². The van der Waals surface area contributed by atoms with Crippen LogP contribution in [0.25, 0.3) is 0 Å². The lowest BCUT2D eigenvalue weighted by molar-refractivity contribution is 0.112. The van der Waals surface area contributed by atoms with Gasteiger partial charge >= 0.3 is 0 Å². The number of nitrogens with zero attached hydrogens (tertiary/aromatic N) is 1. The number of carbonyl (C=O) groups excluding carboxylic acids is 1. The Kier molecular flexibility index (Phi) is 3.50. The summed E-state index contributed by atoms with van der Waals surface area (Å²) in [7, 11) is 0. The SMILES string of the molecule is Cc1ccc(C=O)c(NCc2ccccn2)c1. The highest BCUT2D eigenvalue weighted by atomic mass is 16.1. The molecule has 0 amide bonds. The van der Waals surface area contributed by atoms with Crippen molar-refractivity contribution in [2.24, 2.45) is 0 Å². The van der Waals surface area contributed by atoms with Gasteiger partial charge in [0.2, 0.25) is 0 Å². The fraction of sp³-hybridized carbons (Fsp3) is 0.143. The molecule has 0 aliphatic rings. The summed E-state index contributed by atoms with van der Waals surface area (Å²) in [6, 6.07) is 11.5. The zero-order valence-corrected chi connectivity index (χ0v) is 9.68. The molecule has 0 radical (unpaired) electrons. The summed E-state index contributed by atoms with van der Waals surface area (Å²) >= 11 is 0. The number of rotatable bonds is 4. The zero-order chi connectivity index (χ0) is 12.1. The number of nitrogens with one attached hydrogen (secondary N) is 1. The highest BCUT2D eigenvalue weighted by Crippen LogP contribution is 2.16. The molecule has 17 heavy (non-hydrogen) atoms. The summed E-state index contributed by atoms with van der Waals surface area (Å²) < 4.78 is 0. The number of hydrogen-bond acceptors (Lipinski definition) is 3. The van der Waals surface area contributed by atoms with Crippen LogP contribution in [-0.4, -0.2) is 11.3 Å². The number of aldehydes is 1. The third kappa shape index (κ3) is 2.91. The maximum Gasteiger partial charge on any atom is 0.152 e. The third-order valence-corrected chi connectivity index (χ3v) is 2.52. The van der Waals surface area contributed by atoms with Crippen LogP contribution in [0.4, 0.5) is 5.69 Å². The van der Waals surface area contributed by atoms with Crippen LogP contribution in [0.5, 0.6) is 0 Å². The van der Waals surface area contributed by atoms with Crippen molar-refractivity contribution in [3.63, 3.8) is 0 Å². The predicted octanol–water partition coefficient (Wildman–Crippen LogP) is 2.81. The average Bonchev–Trinajstić information content (AvgIpc) is 2.38. The van der Waals surface area contributed by atoms with Crippen molar-refractivity contribution in [3.05, 3.63) is 59.4 Å². The van der Waals surface area contributed by atoms with Gasteiger partial charge in [-0.2, -0.15) is 0 Å². The van der Waals surface area contributed by atoms with Crippen LogP contribution >= 0.6 is 0 Å². The van der Waals surface area contributed by atoms with Gasteiger partial charge in [-0.15, -0.1) is 0 Å². The van der Waals surface area contributed by atoms with Crippen LogP contribution in [0, 0.1) is 6.92 Å². The molecule has 0 atom stereocenters. The number of aromatic nitrogens is 1. The Balaban J connectivity index is 2.13. The molecule has 86 valence electrons. The van der Waals surface area contributed by atoms with E-state index in [2.05, 4.69) is 10.3 Å². The number of carbonyl (C=O) groups is 1. The Bertz CT molecular complexity index is 509. The van der Waals surface area contributed by atoms with E-state index < -0.39 is 0 Å². The van der Waals surface area contributed by atoms with E-state index in [1.165, 1.54) is 0 Å². The highest BCUT2D eigenvalue weighted by Gasteiger charge is 2.01. The number of anilines is 1. The normalized spacial score (nSPS) is 9.94. The molecular formula is C14H14N2O. The summed E-state index contributed by atoms with van der Waals surface area (Å²) in [4.78, 5) is 15.1. The molecule has 0 aliphatic heterocycles. The molecule has 0 spiro atoms. The molecule has 0 bridgehead atoms. The van der Waals surface area contributed by atoms with Crippen LogP contribution in [-0.2, 0) is 6.54 Å². The van der Waals surface area contributed by atoms with Gasteiger partial charge in [0.15, 0.2) is 6.29 Å². The fourth-order valence-electron chi connectivity index (χ4n) is 1.61. The molecule has 3 heteroatoms. The van der Waals surface area contributed by atoms with Gasteiger partial charge in [0.1, 0.15) is 0 Å². The number of aryl methyl sites for hydroxylation is 1. The van der Waals surface area contributed by atoms with Crippen molar-refractivity contribution in [2.45, 2.75) is 13.5 Å². The van der Waals surface area contributed by atoms with Crippen LogP contribution in [0.1, 0.15) is 21.6 Å². The van der Waals surface area contributed by atoms with E-state index in [-0.39, 0.29) is 0 Å². The molecule has 2 aromatic rings. The second-order valence-electron chi connectivity index (χ2n) is 3.88. The maximum atomic E-state index is 10.9. The van der Waals surface area contributed by atoms with Crippen LogP contribution in [0.15, 0.2) is 42.6 Å². The standard InChI is InChI=1S/C14H14N2O/c1-11-5-6-12(10-17)14(8-11)16-9-13-4-2-3-7-15-13/h2-8,10,16H,9H2,1H3. The molecule has 1 aromatic carbocycles. The summed E-state index contributed by atoms with van der Waals surface area (Å²) in [5, 5.41) is 3.23. The quantitative estimate of drug-likeness (QED) is 0.815. The van der Waals surface area contributed by atoms with Gasteiger partial charge in [0.05, 0.1) is 12.2 Å². The Morgan fingerprint density at radius 3 is 2.88 bits per heavy atom. The van der Waals surface area contributed by atoms with Gasteiger partial charge in [-0.25, -0.2) is 0 Å². The summed E-state index contributed by atoms with van der Waals surface area (Å²) in [6.45, 7) is 2.62. The molecule has 0 aliphatic carbocycles. The first-order valence-electron chi connectivity index (χ1n) is 5.49. The lowest BCUT2D eigenvalue weighted by atomic mass is 10.1. The van der Waals surface area contributed by atoms with Gasteiger partial charge in [-0.05, 0) is 36.8 Å². The highest BCUT2D eigenvalue weighted by molar-refractivity contribution is 5.84. The molecule has 0 unspecified atom stereocenters. The predicted molar refractivity (Wildman–Crippen MR) is 68.1 cm³/mol. The molecule has 1 N–H and O–H groups in total. The largest absolute Gasteiger partial charge is 0.379 e. The Labute approximate surface area is 101 Å². The van der Waals surface area contributed by atoms with E-state index in [0.29, 0.717) is 12.1 Å². The Morgan fingerprint density at radius 1 is 1.29 bits per heavy atom. The van der Waals surface area contributed by atoms with Crippen molar-refractivity contribution >= 4 is 12.0 Å². The second kappa shape index (κ2) is 5.25. The van der Waals surface area contributed by atoms with Crippen LogP contribution in [0.2, 0.25) is 0 Å². The van der Waals surface area contributed by atoms with Gasteiger partial charge in [0, 0.05) is 17.4 Å². The molecule has 1 aromatic heterocycles. The minimum atomic E-state index is 0.616. The first kappa shape index (κ1) is 11.3. The lowest BCUT2D eigenvalue weighted by Crippen LogP contribution is -2.03. The van der Waals surface area contributed by atoms with E-state index in [4.69, 9.17) is 0 Å². The van der Waals surface area contributed by atoms with Crippen molar-refractivity contribution < 1.29 is 4.79 Å². The second-order valence-corrected chi connectivity index (χ2v) is 3.88. The monoisotopic (exact) mass is 226 g/mol. The van der Waals surface area contributed by atoms with Crippen LogP contribution in [0.3, 0.4) is 0 Å². The Morgan fingerprint density at radius 2 is 2.18 bits per heavy atom. The summed E-state index contributed by atoms with van der Waals surface area (Å²) in [5.74, 6) is 0. The number of pyridine rings is 1. The number of benzene rings is 1. The topological polar surface area (TPSA) is 42.0 Å². The molecular weight excluding hydrogens is 212 g/mol.